The van der Waals surface area contributed by atoms with Gasteiger partial charge in [0.15, 0.2) is 5.82 Å². The standard InChI is InChI=1S/C14H13FN2O4S/c1-9-3-5-12(6-4-9)22(20,21)16-14-10(2)7-11(17(18)19)8-13(14)15/h3-8,16H,1-2H3. The van der Waals surface area contributed by atoms with Crippen molar-refractivity contribution in [2.24, 2.45) is 0 Å². The fourth-order valence-electron chi connectivity index (χ4n) is 1.87. The summed E-state index contributed by atoms with van der Waals surface area (Å²) in [5.74, 6) is -0.998. The first-order chi connectivity index (χ1) is 10.2. The minimum absolute atomic E-state index is 0.0183. The van der Waals surface area contributed by atoms with E-state index in [4.69, 9.17) is 0 Å². The van der Waals surface area contributed by atoms with Crippen LogP contribution >= 0.6 is 0 Å². The highest BCUT2D eigenvalue weighted by Crippen LogP contribution is 2.27. The lowest BCUT2D eigenvalue weighted by atomic mass is 10.2. The number of nitro groups is 1. The molecule has 2 rings (SSSR count). The van der Waals surface area contributed by atoms with Crippen molar-refractivity contribution in [2.45, 2.75) is 18.7 Å². The van der Waals surface area contributed by atoms with Gasteiger partial charge in [-0.05, 0) is 31.5 Å². The van der Waals surface area contributed by atoms with Gasteiger partial charge in [0.1, 0.15) is 0 Å². The molecule has 0 saturated carbocycles. The van der Waals surface area contributed by atoms with E-state index < -0.39 is 26.5 Å². The smallest absolute Gasteiger partial charge is 0.272 e. The number of hydrogen-bond acceptors (Lipinski definition) is 4. The molecule has 0 saturated heterocycles. The Morgan fingerprint density at radius 3 is 2.23 bits per heavy atom. The van der Waals surface area contributed by atoms with Gasteiger partial charge in [-0.15, -0.1) is 0 Å². The highest BCUT2D eigenvalue weighted by Gasteiger charge is 2.20. The number of aryl methyl sites for hydroxylation is 2. The number of halogens is 1. The molecule has 0 fully saturated rings. The quantitative estimate of drug-likeness (QED) is 0.691. The Kier molecular flexibility index (Phi) is 4.14. The highest BCUT2D eigenvalue weighted by atomic mass is 32.2. The molecule has 0 aliphatic heterocycles. The number of rotatable bonds is 4. The Balaban J connectivity index is 2.42. The first-order valence-corrected chi connectivity index (χ1v) is 7.73. The lowest BCUT2D eigenvalue weighted by molar-refractivity contribution is -0.385. The minimum Gasteiger partial charge on any atom is -0.276 e. The van der Waals surface area contributed by atoms with E-state index in [1.807, 2.05) is 6.92 Å². The summed E-state index contributed by atoms with van der Waals surface area (Å²) in [5.41, 5.74) is 0.276. The second kappa shape index (κ2) is 5.72. The summed E-state index contributed by atoms with van der Waals surface area (Å²) in [7, 11) is -3.97. The van der Waals surface area contributed by atoms with Gasteiger partial charge in [-0.25, -0.2) is 12.8 Å². The van der Waals surface area contributed by atoms with E-state index in [2.05, 4.69) is 4.72 Å². The first-order valence-electron chi connectivity index (χ1n) is 6.25. The molecule has 0 radical (unpaired) electrons. The maximum Gasteiger partial charge on any atom is 0.272 e. The van der Waals surface area contributed by atoms with Gasteiger partial charge in [0.2, 0.25) is 0 Å². The van der Waals surface area contributed by atoms with Crippen LogP contribution in [0.2, 0.25) is 0 Å². The zero-order valence-corrected chi connectivity index (χ0v) is 12.6. The molecule has 116 valence electrons. The third-order valence-corrected chi connectivity index (χ3v) is 4.42. The number of benzene rings is 2. The van der Waals surface area contributed by atoms with Gasteiger partial charge >= 0.3 is 0 Å². The molecule has 0 spiro atoms. The summed E-state index contributed by atoms with van der Waals surface area (Å²) < 4.78 is 40.5. The van der Waals surface area contributed by atoms with Crippen LogP contribution in [0.25, 0.3) is 0 Å². The van der Waals surface area contributed by atoms with Gasteiger partial charge in [-0.1, -0.05) is 17.7 Å². The van der Waals surface area contributed by atoms with Gasteiger partial charge in [-0.2, -0.15) is 0 Å². The van der Waals surface area contributed by atoms with Crippen molar-refractivity contribution >= 4 is 21.4 Å². The maximum atomic E-state index is 14.0. The largest absolute Gasteiger partial charge is 0.276 e. The number of nitrogens with one attached hydrogen (secondary N) is 1. The average molecular weight is 324 g/mol. The molecule has 2 aromatic rings. The lowest BCUT2D eigenvalue weighted by Crippen LogP contribution is -2.15. The van der Waals surface area contributed by atoms with Crippen LogP contribution in [0.1, 0.15) is 11.1 Å². The van der Waals surface area contributed by atoms with Crippen molar-refractivity contribution < 1.29 is 17.7 Å². The van der Waals surface area contributed by atoms with Crippen LogP contribution in [0.15, 0.2) is 41.3 Å². The summed E-state index contributed by atoms with van der Waals surface area (Å²) >= 11 is 0. The van der Waals surface area contributed by atoms with Crippen molar-refractivity contribution in [1.29, 1.82) is 0 Å². The van der Waals surface area contributed by atoms with Crippen LogP contribution in [0, 0.1) is 29.8 Å². The van der Waals surface area contributed by atoms with Gasteiger partial charge < -0.3 is 0 Å². The molecule has 2 aromatic carbocycles. The van der Waals surface area contributed by atoms with E-state index in [1.165, 1.54) is 19.1 Å². The van der Waals surface area contributed by atoms with Crippen molar-refractivity contribution in [3.8, 4) is 0 Å². The number of nitrogens with zero attached hydrogens (tertiary/aromatic N) is 1. The Hall–Kier alpha value is -2.48. The molecule has 6 nitrogen and oxygen atoms in total. The normalized spacial score (nSPS) is 11.2. The molecule has 0 aromatic heterocycles. The predicted molar refractivity (Wildman–Crippen MR) is 79.8 cm³/mol. The molecule has 0 bridgehead atoms. The maximum absolute atomic E-state index is 14.0. The van der Waals surface area contributed by atoms with Crippen LogP contribution in [0.4, 0.5) is 15.8 Å². The van der Waals surface area contributed by atoms with Gasteiger partial charge in [0.25, 0.3) is 15.7 Å². The van der Waals surface area contributed by atoms with Crippen molar-refractivity contribution in [1.82, 2.24) is 0 Å². The first kappa shape index (κ1) is 15.9. The Morgan fingerprint density at radius 2 is 1.73 bits per heavy atom. The van der Waals surface area contributed by atoms with Gasteiger partial charge in [0, 0.05) is 6.07 Å². The summed E-state index contributed by atoms with van der Waals surface area (Å²) in [5, 5.41) is 10.7. The van der Waals surface area contributed by atoms with E-state index in [0.717, 1.165) is 11.6 Å². The van der Waals surface area contributed by atoms with Crippen LogP contribution in [-0.2, 0) is 10.0 Å². The second-order valence-corrected chi connectivity index (χ2v) is 6.48. The molecule has 0 atom stereocenters. The van der Waals surface area contributed by atoms with Crippen molar-refractivity contribution in [3.63, 3.8) is 0 Å². The van der Waals surface area contributed by atoms with Crippen LogP contribution in [0.5, 0.6) is 0 Å². The molecular weight excluding hydrogens is 311 g/mol. The van der Waals surface area contributed by atoms with Crippen LogP contribution in [0.3, 0.4) is 0 Å². The van der Waals surface area contributed by atoms with Crippen molar-refractivity contribution in [3.05, 3.63) is 63.5 Å². The number of non-ortho nitro benzene ring substituents is 1. The Bertz CT molecular complexity index is 809. The number of sulfonamides is 1. The summed E-state index contributed by atoms with van der Waals surface area (Å²) in [6, 6.07) is 7.82. The van der Waals surface area contributed by atoms with Gasteiger partial charge in [0.05, 0.1) is 21.6 Å². The zero-order chi connectivity index (χ0) is 16.5. The fourth-order valence-corrected chi connectivity index (χ4v) is 3.01. The molecule has 0 amide bonds. The van der Waals surface area contributed by atoms with E-state index in [0.29, 0.717) is 6.07 Å². The highest BCUT2D eigenvalue weighted by molar-refractivity contribution is 7.92. The third-order valence-electron chi connectivity index (χ3n) is 3.05. The third kappa shape index (κ3) is 3.22. The molecule has 22 heavy (non-hydrogen) atoms. The molecule has 0 aliphatic carbocycles. The van der Waals surface area contributed by atoms with E-state index in [1.54, 1.807) is 12.1 Å². The average Bonchev–Trinajstić information content (AvgIpc) is 2.43. The molecule has 0 aliphatic rings. The number of anilines is 1. The summed E-state index contributed by atoms with van der Waals surface area (Å²) in [6.45, 7) is 3.20. The molecule has 1 N–H and O–H groups in total. The van der Waals surface area contributed by atoms with Gasteiger partial charge in [-0.3, -0.25) is 14.8 Å². The molecule has 0 unspecified atom stereocenters. The summed E-state index contributed by atoms with van der Waals surface area (Å²) in [6.07, 6.45) is 0. The SMILES string of the molecule is Cc1ccc(S(=O)(=O)Nc2c(C)cc([N+](=O)[O-])cc2F)cc1. The molecule has 8 heteroatoms. The topological polar surface area (TPSA) is 89.3 Å². The number of nitro benzene ring substituents is 1. The van der Waals surface area contributed by atoms with Crippen molar-refractivity contribution in [2.75, 3.05) is 4.72 Å². The zero-order valence-electron chi connectivity index (χ0n) is 11.8. The van der Waals surface area contributed by atoms with E-state index in [-0.39, 0.29) is 16.1 Å². The Morgan fingerprint density at radius 1 is 1.14 bits per heavy atom. The Labute approximate surface area is 126 Å². The fraction of sp³-hybridized carbons (Fsp3) is 0.143. The second-order valence-electron chi connectivity index (χ2n) is 4.80. The monoisotopic (exact) mass is 324 g/mol. The van der Waals surface area contributed by atoms with E-state index >= 15 is 0 Å². The van der Waals surface area contributed by atoms with E-state index in [9.17, 15) is 22.9 Å². The minimum atomic E-state index is -3.97. The number of hydrogen-bond donors (Lipinski definition) is 1. The van der Waals surface area contributed by atoms with Crippen LogP contribution < -0.4 is 4.72 Å². The lowest BCUT2D eigenvalue weighted by Gasteiger charge is -2.11. The van der Waals surface area contributed by atoms with Crippen LogP contribution in [-0.4, -0.2) is 13.3 Å². The summed E-state index contributed by atoms with van der Waals surface area (Å²) in [4.78, 5) is 9.90. The predicted octanol–water partition coefficient (Wildman–Crippen LogP) is 3.15. The molecular formula is C14H13FN2O4S. The molecule has 0 heterocycles.